The molecule has 0 saturated heterocycles. The summed E-state index contributed by atoms with van der Waals surface area (Å²) < 4.78 is 40.0. The number of nitrogens with zero attached hydrogens (tertiary/aromatic N) is 1. The lowest BCUT2D eigenvalue weighted by Gasteiger charge is -2.17. The maximum absolute atomic E-state index is 13.2. The van der Waals surface area contributed by atoms with E-state index >= 15 is 0 Å². The van der Waals surface area contributed by atoms with Crippen molar-refractivity contribution in [3.8, 4) is 6.07 Å². The predicted octanol–water partition coefficient (Wildman–Crippen LogP) is 2.80. The fourth-order valence-electron chi connectivity index (χ4n) is 1.91. The molecule has 0 aliphatic carbocycles. The summed E-state index contributed by atoms with van der Waals surface area (Å²) in [6, 6.07) is 4.62. The van der Waals surface area contributed by atoms with Crippen molar-refractivity contribution in [2.75, 3.05) is 0 Å². The minimum atomic E-state index is -3.73. The van der Waals surface area contributed by atoms with Crippen LogP contribution in [0.1, 0.15) is 39.2 Å². The molecule has 0 fully saturated rings. The van der Waals surface area contributed by atoms with Gasteiger partial charge in [0.2, 0.25) is 10.0 Å². The third-order valence-electron chi connectivity index (χ3n) is 3.18. The Balaban J connectivity index is 2.92. The van der Waals surface area contributed by atoms with Gasteiger partial charge in [-0.15, -0.1) is 0 Å². The average Bonchev–Trinajstić information content (AvgIpc) is 2.37. The van der Waals surface area contributed by atoms with E-state index in [-0.39, 0.29) is 16.5 Å². The Morgan fingerprint density at radius 3 is 2.60 bits per heavy atom. The highest BCUT2D eigenvalue weighted by atomic mass is 32.2. The number of halogens is 1. The van der Waals surface area contributed by atoms with Gasteiger partial charge in [0.15, 0.2) is 0 Å². The van der Waals surface area contributed by atoms with Crippen LogP contribution in [0.15, 0.2) is 23.1 Å². The molecule has 6 heteroatoms. The maximum atomic E-state index is 13.2. The molecule has 2 atom stereocenters. The molecule has 1 rings (SSSR count). The van der Waals surface area contributed by atoms with Crippen molar-refractivity contribution in [1.82, 2.24) is 4.72 Å². The Hall–Kier alpha value is -1.45. The van der Waals surface area contributed by atoms with Gasteiger partial charge in [-0.3, -0.25) is 0 Å². The van der Waals surface area contributed by atoms with Crippen molar-refractivity contribution >= 4 is 10.0 Å². The van der Waals surface area contributed by atoms with Gasteiger partial charge in [-0.1, -0.05) is 20.3 Å². The number of rotatable bonds is 6. The number of hydrogen-bond donors (Lipinski definition) is 1. The quantitative estimate of drug-likeness (QED) is 0.878. The van der Waals surface area contributed by atoms with E-state index in [0.29, 0.717) is 5.92 Å². The lowest BCUT2D eigenvalue weighted by Crippen LogP contribution is -2.33. The molecular weight excluding hydrogens is 279 g/mol. The molecule has 0 spiro atoms. The lowest BCUT2D eigenvalue weighted by molar-refractivity contribution is 0.445. The second kappa shape index (κ2) is 6.82. The molecule has 1 aromatic carbocycles. The first kappa shape index (κ1) is 16.6. The lowest BCUT2D eigenvalue weighted by atomic mass is 10.0. The van der Waals surface area contributed by atoms with Crippen LogP contribution in [-0.2, 0) is 10.0 Å². The third kappa shape index (κ3) is 4.29. The first-order chi connectivity index (χ1) is 9.30. The van der Waals surface area contributed by atoms with E-state index in [1.54, 1.807) is 13.0 Å². The van der Waals surface area contributed by atoms with Crippen molar-refractivity contribution in [2.45, 2.75) is 44.6 Å². The molecule has 0 amide bonds. The standard InChI is InChI=1S/C14H19FN2O2S/c1-4-10(2)7-11(3)17-20(18,19)13-5-6-14(15)12(8-13)9-16/h5-6,8,10-11,17H,4,7H2,1-3H3. The molecule has 0 aliphatic heterocycles. The number of sulfonamides is 1. The Morgan fingerprint density at radius 1 is 1.40 bits per heavy atom. The van der Waals surface area contributed by atoms with Crippen LogP contribution in [0.3, 0.4) is 0 Å². The Bertz CT molecular complexity index is 608. The van der Waals surface area contributed by atoms with Crippen molar-refractivity contribution < 1.29 is 12.8 Å². The zero-order chi connectivity index (χ0) is 15.3. The summed E-state index contributed by atoms with van der Waals surface area (Å²) in [4.78, 5) is -0.0912. The van der Waals surface area contributed by atoms with Crippen LogP contribution in [0.2, 0.25) is 0 Å². The molecule has 4 nitrogen and oxygen atoms in total. The highest BCUT2D eigenvalue weighted by molar-refractivity contribution is 7.89. The minimum Gasteiger partial charge on any atom is -0.208 e. The maximum Gasteiger partial charge on any atom is 0.240 e. The third-order valence-corrected chi connectivity index (χ3v) is 4.76. The van der Waals surface area contributed by atoms with E-state index in [0.717, 1.165) is 31.0 Å². The normalized spacial score (nSPS) is 14.6. The second-order valence-electron chi connectivity index (χ2n) is 5.02. The summed E-state index contributed by atoms with van der Waals surface area (Å²) in [5, 5.41) is 8.74. The van der Waals surface area contributed by atoms with Crippen molar-refractivity contribution in [3.63, 3.8) is 0 Å². The SMILES string of the molecule is CCC(C)CC(C)NS(=O)(=O)c1ccc(F)c(C#N)c1. The van der Waals surface area contributed by atoms with E-state index in [9.17, 15) is 12.8 Å². The van der Waals surface area contributed by atoms with E-state index in [1.807, 2.05) is 6.92 Å². The number of nitrogens with one attached hydrogen (secondary N) is 1. The highest BCUT2D eigenvalue weighted by Gasteiger charge is 2.19. The van der Waals surface area contributed by atoms with Gasteiger partial charge in [0.05, 0.1) is 10.5 Å². The highest BCUT2D eigenvalue weighted by Crippen LogP contribution is 2.16. The van der Waals surface area contributed by atoms with E-state index < -0.39 is 15.8 Å². The van der Waals surface area contributed by atoms with Crippen molar-refractivity contribution in [3.05, 3.63) is 29.6 Å². The summed E-state index contributed by atoms with van der Waals surface area (Å²) in [6.07, 6.45) is 1.70. The molecular formula is C14H19FN2O2S. The summed E-state index contributed by atoms with van der Waals surface area (Å²) in [5.41, 5.74) is -0.276. The summed E-state index contributed by atoms with van der Waals surface area (Å²) in [6.45, 7) is 5.89. The van der Waals surface area contributed by atoms with Gasteiger partial charge in [-0.2, -0.15) is 5.26 Å². The zero-order valence-electron chi connectivity index (χ0n) is 11.9. The molecule has 0 aromatic heterocycles. The number of nitriles is 1. The van der Waals surface area contributed by atoms with Crippen LogP contribution >= 0.6 is 0 Å². The van der Waals surface area contributed by atoms with Crippen LogP contribution in [0.4, 0.5) is 4.39 Å². The topological polar surface area (TPSA) is 70.0 Å². The van der Waals surface area contributed by atoms with Crippen molar-refractivity contribution in [2.24, 2.45) is 5.92 Å². The Labute approximate surface area is 119 Å². The van der Waals surface area contributed by atoms with Gasteiger partial charge in [0, 0.05) is 6.04 Å². The van der Waals surface area contributed by atoms with Crippen LogP contribution in [0.25, 0.3) is 0 Å². The molecule has 20 heavy (non-hydrogen) atoms. The van der Waals surface area contributed by atoms with Gasteiger partial charge in [0.1, 0.15) is 11.9 Å². The number of hydrogen-bond acceptors (Lipinski definition) is 3. The smallest absolute Gasteiger partial charge is 0.208 e. The molecule has 1 aromatic rings. The van der Waals surface area contributed by atoms with E-state index in [1.165, 1.54) is 0 Å². The fraction of sp³-hybridized carbons (Fsp3) is 0.500. The van der Waals surface area contributed by atoms with Gasteiger partial charge in [0.25, 0.3) is 0 Å². The first-order valence-electron chi connectivity index (χ1n) is 6.52. The first-order valence-corrected chi connectivity index (χ1v) is 8.00. The summed E-state index contributed by atoms with van der Waals surface area (Å²) in [7, 11) is -3.73. The van der Waals surface area contributed by atoms with Gasteiger partial charge >= 0.3 is 0 Å². The predicted molar refractivity (Wildman–Crippen MR) is 75.0 cm³/mol. The number of benzene rings is 1. The fourth-order valence-corrected chi connectivity index (χ4v) is 3.19. The molecule has 0 saturated carbocycles. The molecule has 0 aliphatic rings. The van der Waals surface area contributed by atoms with Crippen LogP contribution < -0.4 is 4.72 Å². The molecule has 1 N–H and O–H groups in total. The molecule has 0 bridgehead atoms. The van der Waals surface area contributed by atoms with Gasteiger partial charge in [-0.05, 0) is 37.5 Å². The molecule has 110 valence electrons. The summed E-state index contributed by atoms with van der Waals surface area (Å²) >= 11 is 0. The van der Waals surface area contributed by atoms with Crippen molar-refractivity contribution in [1.29, 1.82) is 5.26 Å². The second-order valence-corrected chi connectivity index (χ2v) is 6.74. The average molecular weight is 298 g/mol. The van der Waals surface area contributed by atoms with Crippen LogP contribution in [0, 0.1) is 23.1 Å². The molecule has 0 radical (unpaired) electrons. The van der Waals surface area contributed by atoms with Gasteiger partial charge in [-0.25, -0.2) is 17.5 Å². The van der Waals surface area contributed by atoms with E-state index in [4.69, 9.17) is 5.26 Å². The Morgan fingerprint density at radius 2 is 2.05 bits per heavy atom. The minimum absolute atomic E-state index is 0.0912. The van der Waals surface area contributed by atoms with E-state index in [2.05, 4.69) is 11.6 Å². The zero-order valence-corrected chi connectivity index (χ0v) is 12.7. The molecule has 2 unspecified atom stereocenters. The monoisotopic (exact) mass is 298 g/mol. The molecule has 0 heterocycles. The summed E-state index contributed by atoms with van der Waals surface area (Å²) in [5.74, 6) is -0.310. The van der Waals surface area contributed by atoms with Crippen LogP contribution in [-0.4, -0.2) is 14.5 Å². The largest absolute Gasteiger partial charge is 0.240 e. The van der Waals surface area contributed by atoms with Gasteiger partial charge < -0.3 is 0 Å². The van der Waals surface area contributed by atoms with Crippen LogP contribution in [0.5, 0.6) is 0 Å². The Kier molecular flexibility index (Phi) is 5.66.